The molecule has 29 heavy (non-hydrogen) atoms. The maximum Gasteiger partial charge on any atom is 0.259 e. The van der Waals surface area contributed by atoms with Crippen LogP contribution in [0.2, 0.25) is 0 Å². The first-order valence-electron chi connectivity index (χ1n) is 9.48. The predicted octanol–water partition coefficient (Wildman–Crippen LogP) is 4.38. The summed E-state index contributed by atoms with van der Waals surface area (Å²) < 4.78 is 16.9. The molecule has 5 heteroatoms. The Morgan fingerprint density at radius 1 is 0.828 bits per heavy atom. The molecule has 148 valence electrons. The van der Waals surface area contributed by atoms with E-state index in [1.54, 1.807) is 19.1 Å². The van der Waals surface area contributed by atoms with Crippen LogP contribution in [0.25, 0.3) is 0 Å². The number of hydrogen-bond acceptors (Lipinski definition) is 4. The van der Waals surface area contributed by atoms with Gasteiger partial charge in [-0.2, -0.15) is 0 Å². The van der Waals surface area contributed by atoms with Gasteiger partial charge in [0.1, 0.15) is 0 Å². The molecular formula is C24H23NO4. The van der Waals surface area contributed by atoms with E-state index in [1.165, 1.54) is 0 Å². The van der Waals surface area contributed by atoms with E-state index >= 15 is 0 Å². The molecule has 0 bridgehead atoms. The zero-order valence-electron chi connectivity index (χ0n) is 16.4. The molecule has 1 saturated heterocycles. The van der Waals surface area contributed by atoms with Crippen molar-refractivity contribution in [2.45, 2.75) is 18.8 Å². The van der Waals surface area contributed by atoms with Gasteiger partial charge in [-0.25, -0.2) is 0 Å². The molecule has 2 unspecified atom stereocenters. The fraction of sp³-hybridized carbons (Fsp3) is 0.208. The highest BCUT2D eigenvalue weighted by molar-refractivity contribution is 6.05. The van der Waals surface area contributed by atoms with Crippen LogP contribution >= 0.6 is 0 Å². The number of amides is 1. The summed E-state index contributed by atoms with van der Waals surface area (Å²) in [6.07, 6.45) is -0.562. The van der Waals surface area contributed by atoms with E-state index in [4.69, 9.17) is 14.2 Å². The average Bonchev–Trinajstić information content (AvgIpc) is 2.78. The van der Waals surface area contributed by atoms with Gasteiger partial charge in [0.25, 0.3) is 5.91 Å². The molecule has 0 radical (unpaired) electrons. The van der Waals surface area contributed by atoms with Crippen LogP contribution in [0.3, 0.4) is 0 Å². The maximum atomic E-state index is 13.0. The Labute approximate surface area is 170 Å². The average molecular weight is 389 g/mol. The lowest BCUT2D eigenvalue weighted by Crippen LogP contribution is -2.60. The molecule has 2 atom stereocenters. The van der Waals surface area contributed by atoms with Crippen molar-refractivity contribution in [2.75, 3.05) is 19.1 Å². The molecule has 1 aliphatic heterocycles. The molecule has 1 fully saturated rings. The van der Waals surface area contributed by atoms with Crippen LogP contribution in [0.4, 0.5) is 5.69 Å². The highest BCUT2D eigenvalue weighted by Gasteiger charge is 2.50. The van der Waals surface area contributed by atoms with Crippen molar-refractivity contribution in [3.05, 3.63) is 90.0 Å². The summed E-state index contributed by atoms with van der Waals surface area (Å²) in [7, 11) is 3.21. The molecule has 1 heterocycles. The summed E-state index contributed by atoms with van der Waals surface area (Å²) in [4.78, 5) is 14.8. The number of rotatable bonds is 7. The van der Waals surface area contributed by atoms with Crippen LogP contribution in [-0.4, -0.2) is 26.2 Å². The van der Waals surface area contributed by atoms with Gasteiger partial charge >= 0.3 is 0 Å². The molecular weight excluding hydrogens is 366 g/mol. The van der Waals surface area contributed by atoms with E-state index in [0.29, 0.717) is 18.1 Å². The third kappa shape index (κ3) is 3.69. The normalized spacial score (nSPS) is 18.3. The Hall–Kier alpha value is -3.31. The monoisotopic (exact) mass is 389 g/mol. The van der Waals surface area contributed by atoms with Gasteiger partial charge in [0, 0.05) is 5.69 Å². The third-order valence-electron chi connectivity index (χ3n) is 5.10. The summed E-state index contributed by atoms with van der Waals surface area (Å²) in [5, 5.41) is 0. The Kier molecular flexibility index (Phi) is 5.49. The summed E-state index contributed by atoms with van der Waals surface area (Å²) in [5.41, 5.74) is 2.81. The van der Waals surface area contributed by atoms with Crippen molar-refractivity contribution in [3.8, 4) is 11.5 Å². The Bertz CT molecular complexity index is 975. The van der Waals surface area contributed by atoms with Crippen LogP contribution in [0.1, 0.15) is 17.2 Å². The van der Waals surface area contributed by atoms with E-state index in [0.717, 1.165) is 16.8 Å². The number of methoxy groups -OCH3 is 2. The van der Waals surface area contributed by atoms with E-state index in [1.807, 2.05) is 78.9 Å². The minimum absolute atomic E-state index is 0.0492. The fourth-order valence-electron chi connectivity index (χ4n) is 3.62. The second-order valence-electron chi connectivity index (χ2n) is 6.82. The van der Waals surface area contributed by atoms with Crippen molar-refractivity contribution in [1.82, 2.24) is 0 Å². The smallest absolute Gasteiger partial charge is 0.259 e. The number of carbonyl (C=O) groups is 1. The second-order valence-corrected chi connectivity index (χ2v) is 6.82. The topological polar surface area (TPSA) is 48.0 Å². The SMILES string of the molecule is COc1ccc(C2C(OCc3ccccc3)C(=O)N2c2ccccc2)cc1OC. The van der Waals surface area contributed by atoms with Gasteiger partial charge in [-0.15, -0.1) is 0 Å². The quantitative estimate of drug-likeness (QED) is 0.563. The van der Waals surface area contributed by atoms with E-state index in [9.17, 15) is 4.79 Å². The minimum Gasteiger partial charge on any atom is -0.493 e. The van der Waals surface area contributed by atoms with Crippen LogP contribution < -0.4 is 14.4 Å². The first-order valence-corrected chi connectivity index (χ1v) is 9.48. The summed E-state index contributed by atoms with van der Waals surface area (Å²) in [6, 6.07) is 25.0. The number of nitrogens with zero attached hydrogens (tertiary/aromatic N) is 1. The molecule has 1 amide bonds. The van der Waals surface area contributed by atoms with Gasteiger partial charge < -0.3 is 14.2 Å². The fourth-order valence-corrected chi connectivity index (χ4v) is 3.62. The Balaban J connectivity index is 1.65. The molecule has 4 rings (SSSR count). The molecule has 0 N–H and O–H groups in total. The number of ether oxygens (including phenoxy) is 3. The third-order valence-corrected chi connectivity index (χ3v) is 5.10. The van der Waals surface area contributed by atoms with Crippen molar-refractivity contribution in [3.63, 3.8) is 0 Å². The lowest BCUT2D eigenvalue weighted by Gasteiger charge is -2.47. The van der Waals surface area contributed by atoms with Crippen LogP contribution in [-0.2, 0) is 16.1 Å². The summed E-state index contributed by atoms with van der Waals surface area (Å²) in [6.45, 7) is 0.379. The zero-order valence-corrected chi connectivity index (χ0v) is 16.4. The van der Waals surface area contributed by atoms with Crippen LogP contribution in [0.15, 0.2) is 78.9 Å². The highest BCUT2D eigenvalue weighted by atomic mass is 16.5. The van der Waals surface area contributed by atoms with Gasteiger partial charge in [0.15, 0.2) is 17.6 Å². The number of hydrogen-bond donors (Lipinski definition) is 0. The van der Waals surface area contributed by atoms with Crippen LogP contribution in [0.5, 0.6) is 11.5 Å². The van der Waals surface area contributed by atoms with Crippen molar-refractivity contribution >= 4 is 11.6 Å². The lowest BCUT2D eigenvalue weighted by molar-refractivity contribution is -0.143. The van der Waals surface area contributed by atoms with E-state index < -0.39 is 6.10 Å². The number of β-lactam (4-membered cyclic amide) rings is 1. The van der Waals surface area contributed by atoms with Gasteiger partial charge in [-0.3, -0.25) is 9.69 Å². The van der Waals surface area contributed by atoms with Gasteiger partial charge in [0.2, 0.25) is 0 Å². The molecule has 3 aromatic rings. The standard InChI is InChI=1S/C24H23NO4/c1-27-20-14-13-18(15-21(20)28-2)22-23(29-16-17-9-5-3-6-10-17)24(26)25(22)19-11-7-4-8-12-19/h3-15,22-23H,16H2,1-2H3. The molecule has 0 saturated carbocycles. The molecule has 0 aromatic heterocycles. The number of carbonyl (C=O) groups excluding carboxylic acids is 1. The van der Waals surface area contributed by atoms with Crippen molar-refractivity contribution in [1.29, 1.82) is 0 Å². The van der Waals surface area contributed by atoms with Crippen LogP contribution in [0, 0.1) is 0 Å². The molecule has 0 aliphatic carbocycles. The highest BCUT2D eigenvalue weighted by Crippen LogP contribution is 2.43. The number of benzene rings is 3. The molecule has 0 spiro atoms. The first-order chi connectivity index (χ1) is 14.2. The van der Waals surface area contributed by atoms with E-state index in [-0.39, 0.29) is 11.9 Å². The molecule has 1 aliphatic rings. The predicted molar refractivity (Wildman–Crippen MR) is 111 cm³/mol. The molecule has 5 nitrogen and oxygen atoms in total. The van der Waals surface area contributed by atoms with E-state index in [2.05, 4.69) is 0 Å². The first kappa shape index (κ1) is 19.0. The Morgan fingerprint density at radius 3 is 2.14 bits per heavy atom. The summed E-state index contributed by atoms with van der Waals surface area (Å²) >= 11 is 0. The number of anilines is 1. The minimum atomic E-state index is -0.562. The van der Waals surface area contributed by atoms with Gasteiger partial charge in [0.05, 0.1) is 26.9 Å². The van der Waals surface area contributed by atoms with Gasteiger partial charge in [-0.05, 0) is 35.4 Å². The number of para-hydroxylation sites is 1. The van der Waals surface area contributed by atoms with Crippen molar-refractivity contribution < 1.29 is 19.0 Å². The maximum absolute atomic E-state index is 13.0. The van der Waals surface area contributed by atoms with Gasteiger partial charge in [-0.1, -0.05) is 54.6 Å². The zero-order chi connectivity index (χ0) is 20.2. The largest absolute Gasteiger partial charge is 0.493 e. The summed E-state index contributed by atoms with van der Waals surface area (Å²) in [5.74, 6) is 1.22. The molecule has 3 aromatic carbocycles. The second kappa shape index (κ2) is 8.37. The Morgan fingerprint density at radius 2 is 1.48 bits per heavy atom. The van der Waals surface area contributed by atoms with Crippen molar-refractivity contribution in [2.24, 2.45) is 0 Å². The lowest BCUT2D eigenvalue weighted by atomic mass is 9.89.